The Hall–Kier alpha value is -2.74. The largest absolute Gasteiger partial charge is 0.423 e. The van der Waals surface area contributed by atoms with E-state index in [9.17, 15) is 12.8 Å². The molecule has 0 unspecified atom stereocenters. The fraction of sp³-hybridized carbons (Fsp3) is 0.125. The molecule has 24 heavy (non-hydrogen) atoms. The number of aromatic nitrogens is 2. The van der Waals surface area contributed by atoms with Crippen molar-refractivity contribution in [3.8, 4) is 11.5 Å². The summed E-state index contributed by atoms with van der Waals surface area (Å²) in [6, 6.07) is 8.86. The summed E-state index contributed by atoms with van der Waals surface area (Å²) in [4.78, 5) is -0.386. The highest BCUT2D eigenvalue weighted by atomic mass is 32.2. The van der Waals surface area contributed by atoms with Gasteiger partial charge in [0.1, 0.15) is 10.7 Å². The van der Waals surface area contributed by atoms with E-state index in [1.54, 1.807) is 32.0 Å². The number of hydrogen-bond donors (Lipinski definition) is 1. The number of aryl methyl sites for hydroxylation is 2. The summed E-state index contributed by atoms with van der Waals surface area (Å²) in [6.45, 7) is 3.42. The standard InChI is InChI=1S/C16H14FN3O3S/c1-10-3-5-13(17)15(7-10)24(21,22)20-14-6-4-12(8-11(14)2)16-19-18-9-23-16/h3-9,20H,1-2H3. The van der Waals surface area contributed by atoms with Crippen LogP contribution in [-0.4, -0.2) is 18.6 Å². The minimum absolute atomic E-state index is 0.331. The van der Waals surface area contributed by atoms with E-state index in [1.165, 1.54) is 18.5 Å². The van der Waals surface area contributed by atoms with Crippen LogP contribution in [0, 0.1) is 19.7 Å². The highest BCUT2D eigenvalue weighted by Gasteiger charge is 2.20. The quantitative estimate of drug-likeness (QED) is 0.783. The summed E-state index contributed by atoms with van der Waals surface area (Å²) < 4.78 is 46.3. The number of benzene rings is 2. The molecule has 0 radical (unpaired) electrons. The molecule has 2 aromatic carbocycles. The molecule has 124 valence electrons. The molecule has 1 heterocycles. The van der Waals surface area contributed by atoms with E-state index in [-0.39, 0.29) is 4.90 Å². The van der Waals surface area contributed by atoms with Gasteiger partial charge in [-0.3, -0.25) is 4.72 Å². The third kappa shape index (κ3) is 3.13. The smallest absolute Gasteiger partial charge is 0.264 e. The summed E-state index contributed by atoms with van der Waals surface area (Å²) >= 11 is 0. The van der Waals surface area contributed by atoms with E-state index < -0.39 is 15.8 Å². The summed E-state index contributed by atoms with van der Waals surface area (Å²) in [6.07, 6.45) is 1.21. The maximum atomic E-state index is 13.9. The summed E-state index contributed by atoms with van der Waals surface area (Å²) in [5, 5.41) is 7.39. The van der Waals surface area contributed by atoms with Crippen LogP contribution in [0.4, 0.5) is 10.1 Å². The van der Waals surface area contributed by atoms with Gasteiger partial charge in [0.25, 0.3) is 10.0 Å². The minimum Gasteiger partial charge on any atom is -0.423 e. The molecule has 0 bridgehead atoms. The third-order valence-corrected chi connectivity index (χ3v) is 4.83. The molecule has 1 aromatic heterocycles. The fourth-order valence-electron chi connectivity index (χ4n) is 2.23. The van der Waals surface area contributed by atoms with Gasteiger partial charge >= 0.3 is 0 Å². The minimum atomic E-state index is -4.03. The van der Waals surface area contributed by atoms with E-state index >= 15 is 0 Å². The zero-order valence-electron chi connectivity index (χ0n) is 12.9. The fourth-order valence-corrected chi connectivity index (χ4v) is 3.52. The predicted octanol–water partition coefficient (Wildman–Crippen LogP) is 3.29. The van der Waals surface area contributed by atoms with Crippen molar-refractivity contribution in [2.24, 2.45) is 0 Å². The Morgan fingerprint density at radius 1 is 1.12 bits per heavy atom. The van der Waals surface area contributed by atoms with Gasteiger partial charge in [0.15, 0.2) is 0 Å². The van der Waals surface area contributed by atoms with Crippen LogP contribution in [0.5, 0.6) is 0 Å². The lowest BCUT2D eigenvalue weighted by atomic mass is 10.1. The van der Waals surface area contributed by atoms with Crippen LogP contribution in [0.3, 0.4) is 0 Å². The van der Waals surface area contributed by atoms with Crippen molar-refractivity contribution in [1.29, 1.82) is 0 Å². The van der Waals surface area contributed by atoms with Gasteiger partial charge < -0.3 is 4.42 Å². The molecular formula is C16H14FN3O3S. The molecule has 0 amide bonds. The molecule has 0 fully saturated rings. The number of halogens is 1. The Morgan fingerprint density at radius 2 is 1.92 bits per heavy atom. The van der Waals surface area contributed by atoms with Crippen LogP contribution >= 0.6 is 0 Å². The van der Waals surface area contributed by atoms with Crippen molar-refractivity contribution < 1.29 is 17.2 Å². The number of rotatable bonds is 4. The van der Waals surface area contributed by atoms with E-state index in [0.717, 1.165) is 6.07 Å². The molecule has 0 atom stereocenters. The van der Waals surface area contributed by atoms with E-state index in [0.29, 0.717) is 28.3 Å². The van der Waals surface area contributed by atoms with E-state index in [1.807, 2.05) is 0 Å². The number of nitrogens with one attached hydrogen (secondary N) is 1. The first-order valence-electron chi connectivity index (χ1n) is 7.03. The molecule has 0 saturated carbocycles. The predicted molar refractivity (Wildman–Crippen MR) is 86.4 cm³/mol. The molecule has 0 aliphatic carbocycles. The van der Waals surface area contributed by atoms with Gasteiger partial charge in [-0.05, 0) is 55.3 Å². The Morgan fingerprint density at radius 3 is 2.58 bits per heavy atom. The average Bonchev–Trinajstić information content (AvgIpc) is 3.06. The van der Waals surface area contributed by atoms with Crippen LogP contribution in [0.25, 0.3) is 11.5 Å². The molecule has 0 aliphatic heterocycles. The topological polar surface area (TPSA) is 85.1 Å². The molecule has 3 aromatic rings. The van der Waals surface area contributed by atoms with Gasteiger partial charge in [0, 0.05) is 5.56 Å². The normalized spacial score (nSPS) is 11.5. The third-order valence-electron chi connectivity index (χ3n) is 3.45. The maximum absolute atomic E-state index is 13.9. The van der Waals surface area contributed by atoms with E-state index in [4.69, 9.17) is 4.42 Å². The van der Waals surface area contributed by atoms with Crippen LogP contribution in [0.1, 0.15) is 11.1 Å². The van der Waals surface area contributed by atoms with Crippen LogP contribution in [-0.2, 0) is 10.0 Å². The second-order valence-corrected chi connectivity index (χ2v) is 6.96. The lowest BCUT2D eigenvalue weighted by Gasteiger charge is -2.12. The van der Waals surface area contributed by atoms with Gasteiger partial charge in [0.05, 0.1) is 5.69 Å². The lowest BCUT2D eigenvalue weighted by molar-refractivity contribution is 0.568. The lowest BCUT2D eigenvalue weighted by Crippen LogP contribution is -2.15. The van der Waals surface area contributed by atoms with Crippen LogP contribution < -0.4 is 4.72 Å². The van der Waals surface area contributed by atoms with Gasteiger partial charge in [-0.15, -0.1) is 10.2 Å². The van der Waals surface area contributed by atoms with Crippen molar-refractivity contribution in [3.63, 3.8) is 0 Å². The number of anilines is 1. The van der Waals surface area contributed by atoms with Crippen molar-refractivity contribution >= 4 is 15.7 Å². The zero-order chi connectivity index (χ0) is 17.3. The molecule has 0 aliphatic rings. The molecule has 6 nitrogen and oxygen atoms in total. The molecular weight excluding hydrogens is 333 g/mol. The number of sulfonamides is 1. The second kappa shape index (κ2) is 6.04. The first-order valence-corrected chi connectivity index (χ1v) is 8.51. The van der Waals surface area contributed by atoms with Crippen LogP contribution in [0.15, 0.2) is 52.1 Å². The van der Waals surface area contributed by atoms with Crippen molar-refractivity contribution in [1.82, 2.24) is 10.2 Å². The molecule has 0 spiro atoms. The first-order chi connectivity index (χ1) is 11.4. The average molecular weight is 347 g/mol. The summed E-state index contributed by atoms with van der Waals surface area (Å²) in [5.41, 5.74) is 2.30. The highest BCUT2D eigenvalue weighted by molar-refractivity contribution is 7.92. The monoisotopic (exact) mass is 347 g/mol. The van der Waals surface area contributed by atoms with E-state index in [2.05, 4.69) is 14.9 Å². The molecule has 3 rings (SSSR count). The summed E-state index contributed by atoms with van der Waals surface area (Å²) in [5.74, 6) is -0.467. The van der Waals surface area contributed by atoms with Gasteiger partial charge in [-0.1, -0.05) is 6.07 Å². The van der Waals surface area contributed by atoms with Crippen molar-refractivity contribution in [2.45, 2.75) is 18.7 Å². The maximum Gasteiger partial charge on any atom is 0.264 e. The Labute approximate surface area is 138 Å². The Balaban J connectivity index is 1.94. The second-order valence-electron chi connectivity index (χ2n) is 5.31. The molecule has 1 N–H and O–H groups in total. The van der Waals surface area contributed by atoms with Crippen molar-refractivity contribution in [2.75, 3.05) is 4.72 Å². The SMILES string of the molecule is Cc1ccc(F)c(S(=O)(=O)Nc2ccc(-c3nnco3)cc2C)c1. The molecule has 0 saturated heterocycles. The Kier molecular flexibility index (Phi) is 4.06. The number of hydrogen-bond acceptors (Lipinski definition) is 5. The molecule has 8 heteroatoms. The summed E-state index contributed by atoms with van der Waals surface area (Å²) in [7, 11) is -4.03. The highest BCUT2D eigenvalue weighted by Crippen LogP contribution is 2.26. The van der Waals surface area contributed by atoms with Crippen LogP contribution in [0.2, 0.25) is 0 Å². The zero-order valence-corrected chi connectivity index (χ0v) is 13.8. The van der Waals surface area contributed by atoms with Gasteiger partial charge in [0.2, 0.25) is 12.3 Å². The Bertz CT molecular complexity index is 986. The number of nitrogens with zero attached hydrogens (tertiary/aromatic N) is 2. The van der Waals surface area contributed by atoms with Gasteiger partial charge in [-0.2, -0.15) is 0 Å². The first kappa shape index (κ1) is 16.1. The van der Waals surface area contributed by atoms with Gasteiger partial charge in [-0.25, -0.2) is 12.8 Å². The van der Waals surface area contributed by atoms with Crippen molar-refractivity contribution in [3.05, 3.63) is 59.7 Å².